The summed E-state index contributed by atoms with van der Waals surface area (Å²) < 4.78 is 0. The molecule has 1 aromatic heterocycles. The third-order valence-corrected chi connectivity index (χ3v) is 4.84. The molecule has 0 bridgehead atoms. The average molecular weight is 338 g/mol. The van der Waals surface area contributed by atoms with Gasteiger partial charge in [-0.3, -0.25) is 0 Å². The lowest BCUT2D eigenvalue weighted by atomic mass is 10.1. The van der Waals surface area contributed by atoms with Crippen molar-refractivity contribution in [1.82, 2.24) is 9.97 Å². The van der Waals surface area contributed by atoms with Crippen LogP contribution >= 0.6 is 11.6 Å². The highest BCUT2D eigenvalue weighted by Gasteiger charge is 2.16. The Balaban J connectivity index is 1.85. The van der Waals surface area contributed by atoms with E-state index in [0.29, 0.717) is 0 Å². The van der Waals surface area contributed by atoms with Gasteiger partial charge in [0.2, 0.25) is 0 Å². The van der Waals surface area contributed by atoms with Crippen LogP contribution in [0, 0.1) is 0 Å². The summed E-state index contributed by atoms with van der Waals surface area (Å²) in [6.45, 7) is 2.14. The smallest absolute Gasteiger partial charge is 0.162 e. The maximum Gasteiger partial charge on any atom is 0.162 e. The molecule has 2 heterocycles. The Kier molecular flexibility index (Phi) is 4.35. The van der Waals surface area contributed by atoms with E-state index in [1.54, 1.807) is 0 Å². The van der Waals surface area contributed by atoms with Crippen LogP contribution in [0.3, 0.4) is 0 Å². The van der Waals surface area contributed by atoms with Crippen molar-refractivity contribution in [3.8, 4) is 11.4 Å². The third-order valence-electron chi connectivity index (χ3n) is 4.59. The first-order valence-corrected chi connectivity index (χ1v) is 8.97. The van der Waals surface area contributed by atoms with E-state index >= 15 is 0 Å². The zero-order chi connectivity index (χ0) is 16.4. The molecule has 4 rings (SSSR count). The molecule has 1 fully saturated rings. The number of hydrogen-bond donors (Lipinski definition) is 0. The lowest BCUT2D eigenvalue weighted by Crippen LogP contribution is -2.25. The Morgan fingerprint density at radius 1 is 0.792 bits per heavy atom. The molecule has 0 radical (unpaired) electrons. The summed E-state index contributed by atoms with van der Waals surface area (Å²) in [5, 5.41) is 1.87. The summed E-state index contributed by atoms with van der Waals surface area (Å²) in [4.78, 5) is 12.1. The Bertz CT molecular complexity index is 837. The first kappa shape index (κ1) is 15.4. The van der Waals surface area contributed by atoms with Gasteiger partial charge in [0.15, 0.2) is 5.82 Å². The standard InChI is InChI=1S/C20H20ClN3/c21-16-11-9-15(10-12-16)19-22-18-8-4-3-7-17(18)20(23-19)24-13-5-1-2-6-14-24/h3-4,7-12H,1-2,5-6,13-14H2. The molecule has 0 saturated carbocycles. The third kappa shape index (κ3) is 3.09. The van der Waals surface area contributed by atoms with E-state index in [9.17, 15) is 0 Å². The minimum Gasteiger partial charge on any atom is -0.356 e. The van der Waals surface area contributed by atoms with Gasteiger partial charge in [-0.15, -0.1) is 0 Å². The van der Waals surface area contributed by atoms with E-state index in [-0.39, 0.29) is 0 Å². The molecular formula is C20H20ClN3. The van der Waals surface area contributed by atoms with Crippen molar-refractivity contribution in [3.05, 3.63) is 53.6 Å². The number of para-hydroxylation sites is 1. The van der Waals surface area contributed by atoms with Gasteiger partial charge in [-0.2, -0.15) is 0 Å². The Hall–Kier alpha value is -2.13. The average Bonchev–Trinajstić information content (AvgIpc) is 2.91. The molecule has 3 nitrogen and oxygen atoms in total. The number of fused-ring (bicyclic) bond motifs is 1. The lowest BCUT2D eigenvalue weighted by Gasteiger charge is -2.23. The fourth-order valence-corrected chi connectivity index (χ4v) is 3.44. The van der Waals surface area contributed by atoms with Gasteiger partial charge in [0.05, 0.1) is 5.52 Å². The van der Waals surface area contributed by atoms with Gasteiger partial charge in [-0.25, -0.2) is 9.97 Å². The van der Waals surface area contributed by atoms with E-state index in [1.165, 1.54) is 25.7 Å². The lowest BCUT2D eigenvalue weighted by molar-refractivity contribution is 0.726. The molecule has 1 aliphatic heterocycles. The molecule has 0 amide bonds. The minimum absolute atomic E-state index is 0.729. The monoisotopic (exact) mass is 337 g/mol. The van der Waals surface area contributed by atoms with Gasteiger partial charge in [-0.1, -0.05) is 36.6 Å². The van der Waals surface area contributed by atoms with E-state index in [4.69, 9.17) is 21.6 Å². The van der Waals surface area contributed by atoms with Crippen molar-refractivity contribution in [2.24, 2.45) is 0 Å². The first-order chi connectivity index (χ1) is 11.8. The number of anilines is 1. The predicted molar refractivity (Wildman–Crippen MR) is 101 cm³/mol. The van der Waals surface area contributed by atoms with Gasteiger partial charge in [-0.05, 0) is 49.2 Å². The van der Waals surface area contributed by atoms with Crippen LogP contribution in [0.5, 0.6) is 0 Å². The largest absolute Gasteiger partial charge is 0.356 e. The van der Waals surface area contributed by atoms with Crippen LogP contribution in [0.2, 0.25) is 5.02 Å². The normalized spacial score (nSPS) is 15.5. The molecular weight excluding hydrogens is 318 g/mol. The second-order valence-corrected chi connectivity index (χ2v) is 6.73. The molecule has 0 spiro atoms. The topological polar surface area (TPSA) is 29.0 Å². The van der Waals surface area contributed by atoms with E-state index < -0.39 is 0 Å². The summed E-state index contributed by atoms with van der Waals surface area (Å²) in [5.41, 5.74) is 2.00. The molecule has 4 heteroatoms. The molecule has 2 aromatic carbocycles. The van der Waals surface area contributed by atoms with Crippen molar-refractivity contribution in [2.75, 3.05) is 18.0 Å². The quantitative estimate of drug-likeness (QED) is 0.632. The van der Waals surface area contributed by atoms with Gasteiger partial charge < -0.3 is 4.90 Å². The van der Waals surface area contributed by atoms with Crippen LogP contribution in [-0.2, 0) is 0 Å². The maximum atomic E-state index is 6.02. The Morgan fingerprint density at radius 2 is 1.50 bits per heavy atom. The number of benzene rings is 2. The molecule has 0 N–H and O–H groups in total. The molecule has 122 valence electrons. The first-order valence-electron chi connectivity index (χ1n) is 8.59. The van der Waals surface area contributed by atoms with Gasteiger partial charge >= 0.3 is 0 Å². The Labute approximate surface area is 147 Å². The summed E-state index contributed by atoms with van der Waals surface area (Å²) >= 11 is 6.02. The van der Waals surface area contributed by atoms with Crippen LogP contribution < -0.4 is 4.90 Å². The van der Waals surface area contributed by atoms with Crippen LogP contribution in [0.15, 0.2) is 48.5 Å². The Morgan fingerprint density at radius 3 is 2.25 bits per heavy atom. The highest BCUT2D eigenvalue weighted by atomic mass is 35.5. The van der Waals surface area contributed by atoms with Crippen LogP contribution in [0.1, 0.15) is 25.7 Å². The van der Waals surface area contributed by atoms with Crippen molar-refractivity contribution in [1.29, 1.82) is 0 Å². The van der Waals surface area contributed by atoms with E-state index in [0.717, 1.165) is 46.2 Å². The van der Waals surface area contributed by atoms with Crippen LogP contribution in [-0.4, -0.2) is 23.1 Å². The van der Waals surface area contributed by atoms with Crippen molar-refractivity contribution >= 4 is 28.3 Å². The summed E-state index contributed by atoms with van der Waals surface area (Å²) in [5.74, 6) is 1.83. The number of hydrogen-bond acceptors (Lipinski definition) is 3. The molecule has 0 unspecified atom stereocenters. The van der Waals surface area contributed by atoms with Crippen LogP contribution in [0.4, 0.5) is 5.82 Å². The number of halogens is 1. The molecule has 1 aliphatic rings. The molecule has 3 aromatic rings. The number of rotatable bonds is 2. The molecule has 24 heavy (non-hydrogen) atoms. The molecule has 0 aliphatic carbocycles. The number of aromatic nitrogens is 2. The molecule has 0 atom stereocenters. The minimum atomic E-state index is 0.729. The summed E-state index contributed by atoms with van der Waals surface area (Å²) in [6.07, 6.45) is 5.08. The predicted octanol–water partition coefficient (Wildman–Crippen LogP) is 5.33. The highest BCUT2D eigenvalue weighted by Crippen LogP contribution is 2.29. The summed E-state index contributed by atoms with van der Waals surface area (Å²) in [6, 6.07) is 16.0. The molecule has 1 saturated heterocycles. The highest BCUT2D eigenvalue weighted by molar-refractivity contribution is 6.30. The van der Waals surface area contributed by atoms with Gasteiger partial charge in [0.25, 0.3) is 0 Å². The second kappa shape index (κ2) is 6.78. The van der Waals surface area contributed by atoms with Crippen molar-refractivity contribution in [3.63, 3.8) is 0 Å². The van der Waals surface area contributed by atoms with E-state index in [2.05, 4.69) is 23.1 Å². The van der Waals surface area contributed by atoms with Crippen molar-refractivity contribution in [2.45, 2.75) is 25.7 Å². The fraction of sp³-hybridized carbons (Fsp3) is 0.300. The summed E-state index contributed by atoms with van der Waals surface area (Å²) in [7, 11) is 0. The fourth-order valence-electron chi connectivity index (χ4n) is 3.31. The van der Waals surface area contributed by atoms with E-state index in [1.807, 2.05) is 30.3 Å². The van der Waals surface area contributed by atoms with Crippen molar-refractivity contribution < 1.29 is 0 Å². The zero-order valence-corrected chi connectivity index (χ0v) is 14.3. The number of nitrogens with zero attached hydrogens (tertiary/aromatic N) is 3. The van der Waals surface area contributed by atoms with Gasteiger partial charge in [0, 0.05) is 29.1 Å². The second-order valence-electron chi connectivity index (χ2n) is 6.30. The zero-order valence-electron chi connectivity index (χ0n) is 13.6. The van der Waals surface area contributed by atoms with Gasteiger partial charge in [0.1, 0.15) is 5.82 Å². The maximum absolute atomic E-state index is 6.02. The van der Waals surface area contributed by atoms with Crippen LogP contribution in [0.25, 0.3) is 22.3 Å². The SMILES string of the molecule is Clc1ccc(-c2nc(N3CCCCCC3)c3ccccc3n2)cc1.